The molecule has 2 aromatic rings. The number of benzene rings is 1. The van der Waals surface area contributed by atoms with Crippen LogP contribution in [0.5, 0.6) is 0 Å². The van der Waals surface area contributed by atoms with Crippen LogP contribution in [-0.2, 0) is 21.4 Å². The number of carbonyl (C=O) groups is 1. The Labute approximate surface area is 156 Å². The van der Waals surface area contributed by atoms with E-state index in [0.717, 1.165) is 12.6 Å². The maximum absolute atomic E-state index is 12.3. The van der Waals surface area contributed by atoms with Gasteiger partial charge in [-0.1, -0.05) is 0 Å². The predicted octanol–water partition coefficient (Wildman–Crippen LogP) is 1.29. The topological polar surface area (TPSA) is 127 Å². The molecule has 144 valence electrons. The van der Waals surface area contributed by atoms with Crippen molar-refractivity contribution in [3.8, 4) is 0 Å². The van der Waals surface area contributed by atoms with E-state index < -0.39 is 14.9 Å². The van der Waals surface area contributed by atoms with Gasteiger partial charge in [-0.2, -0.15) is 5.10 Å². The molecule has 1 aliphatic rings. The number of aromatic nitrogens is 2. The summed E-state index contributed by atoms with van der Waals surface area (Å²) in [7, 11) is -3.67. The van der Waals surface area contributed by atoms with E-state index >= 15 is 0 Å². The molecule has 0 unspecified atom stereocenters. The second-order valence-corrected chi connectivity index (χ2v) is 7.88. The van der Waals surface area contributed by atoms with Gasteiger partial charge in [0, 0.05) is 31.7 Å². The zero-order valence-corrected chi connectivity index (χ0v) is 15.3. The van der Waals surface area contributed by atoms with Crippen molar-refractivity contribution in [2.75, 3.05) is 18.0 Å². The molecule has 1 aliphatic heterocycles. The summed E-state index contributed by atoms with van der Waals surface area (Å²) in [5.41, 5.74) is 0.587. The van der Waals surface area contributed by atoms with Crippen molar-refractivity contribution < 1.29 is 18.1 Å². The van der Waals surface area contributed by atoms with Crippen molar-refractivity contribution in [2.24, 2.45) is 0 Å². The molecule has 2 heterocycles. The SMILES string of the molecule is O=C1CCCN1c1ccc(S(=O)(=O)NCCCn2cc([N+](=O)[O-])cn2)cc1. The van der Waals surface area contributed by atoms with Crippen LogP contribution < -0.4 is 9.62 Å². The molecule has 1 amide bonds. The molecule has 1 fully saturated rings. The summed E-state index contributed by atoms with van der Waals surface area (Å²) in [4.78, 5) is 23.6. The first kappa shape index (κ1) is 19.0. The van der Waals surface area contributed by atoms with Crippen molar-refractivity contribution >= 4 is 27.3 Å². The fourth-order valence-corrected chi connectivity index (χ4v) is 3.90. The predicted molar refractivity (Wildman–Crippen MR) is 96.7 cm³/mol. The minimum atomic E-state index is -3.67. The van der Waals surface area contributed by atoms with E-state index in [-0.39, 0.29) is 23.0 Å². The van der Waals surface area contributed by atoms with Gasteiger partial charge in [-0.25, -0.2) is 13.1 Å². The van der Waals surface area contributed by atoms with Gasteiger partial charge >= 0.3 is 5.69 Å². The highest BCUT2D eigenvalue weighted by Crippen LogP contribution is 2.22. The van der Waals surface area contributed by atoms with Crippen LogP contribution in [0.2, 0.25) is 0 Å². The Morgan fingerprint density at radius 1 is 1.26 bits per heavy atom. The first-order chi connectivity index (χ1) is 12.9. The van der Waals surface area contributed by atoms with Gasteiger partial charge in [0.15, 0.2) is 0 Å². The summed E-state index contributed by atoms with van der Waals surface area (Å²) >= 11 is 0. The Hall–Kier alpha value is -2.79. The maximum Gasteiger partial charge on any atom is 0.306 e. The van der Waals surface area contributed by atoms with Gasteiger partial charge in [-0.15, -0.1) is 0 Å². The fraction of sp³-hybridized carbons (Fsp3) is 0.375. The van der Waals surface area contributed by atoms with Crippen LogP contribution in [0.3, 0.4) is 0 Å². The first-order valence-electron chi connectivity index (χ1n) is 8.44. The van der Waals surface area contributed by atoms with E-state index in [9.17, 15) is 23.3 Å². The number of aryl methyl sites for hydroxylation is 1. The average Bonchev–Trinajstić information content (AvgIpc) is 3.28. The lowest BCUT2D eigenvalue weighted by molar-refractivity contribution is -0.385. The Balaban J connectivity index is 1.53. The summed E-state index contributed by atoms with van der Waals surface area (Å²) in [5, 5.41) is 14.4. The monoisotopic (exact) mass is 393 g/mol. The fourth-order valence-electron chi connectivity index (χ4n) is 2.83. The molecule has 1 N–H and O–H groups in total. The molecular formula is C16H19N5O5S. The largest absolute Gasteiger partial charge is 0.312 e. The molecule has 0 atom stereocenters. The number of nitrogens with one attached hydrogen (secondary N) is 1. The Kier molecular flexibility index (Phi) is 5.51. The van der Waals surface area contributed by atoms with Crippen molar-refractivity contribution in [1.82, 2.24) is 14.5 Å². The maximum atomic E-state index is 12.3. The minimum Gasteiger partial charge on any atom is -0.312 e. The van der Waals surface area contributed by atoms with Crippen LogP contribution >= 0.6 is 0 Å². The molecule has 0 spiro atoms. The van der Waals surface area contributed by atoms with Crippen LogP contribution in [0.25, 0.3) is 0 Å². The van der Waals surface area contributed by atoms with Crippen LogP contribution in [-0.4, -0.2) is 42.1 Å². The molecule has 0 aliphatic carbocycles. The number of rotatable bonds is 8. The minimum absolute atomic E-state index is 0.0441. The molecular weight excluding hydrogens is 374 g/mol. The summed E-state index contributed by atoms with van der Waals surface area (Å²) in [5.74, 6) is 0.0441. The first-order valence-corrected chi connectivity index (χ1v) is 9.92. The quantitative estimate of drug-likeness (QED) is 0.409. The van der Waals surface area contributed by atoms with Gasteiger partial charge in [0.2, 0.25) is 15.9 Å². The van der Waals surface area contributed by atoms with E-state index in [1.165, 1.54) is 23.0 Å². The van der Waals surface area contributed by atoms with Crippen LogP contribution in [0.4, 0.5) is 11.4 Å². The van der Waals surface area contributed by atoms with Crippen LogP contribution in [0.1, 0.15) is 19.3 Å². The van der Waals surface area contributed by atoms with Gasteiger partial charge in [0.05, 0.1) is 9.82 Å². The number of amides is 1. The molecule has 1 saturated heterocycles. The van der Waals surface area contributed by atoms with Crippen molar-refractivity contribution in [1.29, 1.82) is 0 Å². The third-order valence-corrected chi connectivity index (χ3v) is 5.70. The highest BCUT2D eigenvalue weighted by atomic mass is 32.2. The van der Waals surface area contributed by atoms with Gasteiger partial charge in [0.25, 0.3) is 0 Å². The number of sulfonamides is 1. The normalized spacial score (nSPS) is 14.7. The Bertz CT molecular complexity index is 938. The van der Waals surface area contributed by atoms with E-state index in [0.29, 0.717) is 31.6 Å². The lowest BCUT2D eigenvalue weighted by Crippen LogP contribution is -2.26. The third kappa shape index (κ3) is 4.49. The van der Waals surface area contributed by atoms with Gasteiger partial charge < -0.3 is 4.90 Å². The Morgan fingerprint density at radius 3 is 2.59 bits per heavy atom. The van der Waals surface area contributed by atoms with Crippen LogP contribution in [0, 0.1) is 10.1 Å². The average molecular weight is 393 g/mol. The van der Waals surface area contributed by atoms with Gasteiger partial charge in [0.1, 0.15) is 12.4 Å². The third-order valence-electron chi connectivity index (χ3n) is 4.22. The highest BCUT2D eigenvalue weighted by molar-refractivity contribution is 7.89. The number of carbonyl (C=O) groups excluding carboxylic acids is 1. The van der Waals surface area contributed by atoms with Crippen molar-refractivity contribution in [3.63, 3.8) is 0 Å². The number of anilines is 1. The molecule has 10 nitrogen and oxygen atoms in total. The number of nitrogens with zero attached hydrogens (tertiary/aromatic N) is 4. The molecule has 11 heteroatoms. The zero-order valence-electron chi connectivity index (χ0n) is 14.4. The van der Waals surface area contributed by atoms with E-state index in [1.807, 2.05) is 0 Å². The second-order valence-electron chi connectivity index (χ2n) is 6.11. The lowest BCUT2D eigenvalue weighted by Gasteiger charge is -2.16. The highest BCUT2D eigenvalue weighted by Gasteiger charge is 2.22. The van der Waals surface area contributed by atoms with E-state index in [4.69, 9.17) is 0 Å². The van der Waals surface area contributed by atoms with E-state index in [2.05, 4.69) is 9.82 Å². The molecule has 0 saturated carbocycles. The second kappa shape index (κ2) is 7.84. The molecule has 3 rings (SSSR count). The summed E-state index contributed by atoms with van der Waals surface area (Å²) < 4.78 is 28.5. The Morgan fingerprint density at radius 2 is 2.00 bits per heavy atom. The smallest absolute Gasteiger partial charge is 0.306 e. The zero-order chi connectivity index (χ0) is 19.4. The summed E-state index contributed by atoms with van der Waals surface area (Å²) in [6.07, 6.45) is 4.20. The van der Waals surface area contributed by atoms with Crippen molar-refractivity contribution in [3.05, 3.63) is 46.8 Å². The van der Waals surface area contributed by atoms with Gasteiger partial charge in [-0.05, 0) is 37.1 Å². The summed E-state index contributed by atoms with van der Waals surface area (Å²) in [6, 6.07) is 6.20. The molecule has 1 aromatic heterocycles. The van der Waals surface area contributed by atoms with E-state index in [1.54, 1.807) is 17.0 Å². The lowest BCUT2D eigenvalue weighted by atomic mass is 10.3. The number of hydrogen-bond donors (Lipinski definition) is 1. The summed E-state index contributed by atoms with van der Waals surface area (Å²) in [6.45, 7) is 1.17. The van der Waals surface area contributed by atoms with Crippen LogP contribution in [0.15, 0.2) is 41.6 Å². The van der Waals surface area contributed by atoms with Gasteiger partial charge in [-0.3, -0.25) is 19.6 Å². The molecule has 0 bridgehead atoms. The molecule has 27 heavy (non-hydrogen) atoms. The molecule has 1 aromatic carbocycles. The molecule has 0 radical (unpaired) electrons. The number of nitro groups is 1. The number of hydrogen-bond acceptors (Lipinski definition) is 6. The van der Waals surface area contributed by atoms with Crippen molar-refractivity contribution in [2.45, 2.75) is 30.7 Å². The standard InChI is InChI=1S/C16H19N5O5S/c22-16-3-1-10-20(16)13-4-6-15(7-5-13)27(25,26)18-8-2-9-19-12-14(11-17-19)21(23)24/h4-7,11-12,18H,1-3,8-10H2.